The number of nitrogens with zero attached hydrogens (tertiary/aromatic N) is 2. The summed E-state index contributed by atoms with van der Waals surface area (Å²) in [7, 11) is -2.07. The first-order valence-electron chi connectivity index (χ1n) is 5.11. The van der Waals surface area contributed by atoms with Crippen molar-refractivity contribution >= 4 is 33.0 Å². The van der Waals surface area contributed by atoms with Crippen molar-refractivity contribution in [1.29, 1.82) is 0 Å². The zero-order chi connectivity index (χ0) is 13.2. The van der Waals surface area contributed by atoms with E-state index in [9.17, 15) is 8.42 Å². The van der Waals surface area contributed by atoms with Gasteiger partial charge in [-0.25, -0.2) is 13.4 Å². The Kier molecular flexibility index (Phi) is 4.01. The number of rotatable bonds is 4. The van der Waals surface area contributed by atoms with Gasteiger partial charge in [0.15, 0.2) is 0 Å². The van der Waals surface area contributed by atoms with Crippen molar-refractivity contribution in [1.82, 2.24) is 9.29 Å². The normalized spacial score (nSPS) is 11.9. The zero-order valence-corrected chi connectivity index (χ0v) is 12.0. The molecule has 0 radical (unpaired) electrons. The molecule has 0 amide bonds. The van der Waals surface area contributed by atoms with Crippen LogP contribution in [0.1, 0.15) is 4.88 Å². The fourth-order valence-corrected chi connectivity index (χ4v) is 3.85. The van der Waals surface area contributed by atoms with Gasteiger partial charge in [-0.2, -0.15) is 4.31 Å². The van der Waals surface area contributed by atoms with Crippen LogP contribution >= 0.6 is 22.9 Å². The van der Waals surface area contributed by atoms with Crippen LogP contribution in [0.25, 0.3) is 0 Å². The van der Waals surface area contributed by atoms with Gasteiger partial charge in [0.25, 0.3) is 0 Å². The third-order valence-corrected chi connectivity index (χ3v) is 5.48. The number of hydrogen-bond donors (Lipinski definition) is 0. The predicted octanol–water partition coefficient (Wildman–Crippen LogP) is 2.62. The molecule has 4 nitrogen and oxygen atoms in total. The number of sulfonamides is 1. The molecule has 0 bridgehead atoms. The first-order chi connectivity index (χ1) is 8.51. The van der Waals surface area contributed by atoms with Crippen molar-refractivity contribution in [3.8, 4) is 0 Å². The molecule has 96 valence electrons. The van der Waals surface area contributed by atoms with Crippen LogP contribution in [0.2, 0.25) is 5.15 Å². The lowest BCUT2D eigenvalue weighted by atomic mass is 10.5. The van der Waals surface area contributed by atoms with Gasteiger partial charge < -0.3 is 0 Å². The van der Waals surface area contributed by atoms with Crippen molar-refractivity contribution in [2.45, 2.75) is 11.4 Å². The summed E-state index contributed by atoms with van der Waals surface area (Å²) < 4.78 is 25.8. The lowest BCUT2D eigenvalue weighted by Crippen LogP contribution is -2.26. The number of aromatic nitrogens is 1. The first-order valence-corrected chi connectivity index (χ1v) is 7.81. The van der Waals surface area contributed by atoms with Gasteiger partial charge >= 0.3 is 0 Å². The molecule has 2 aromatic rings. The average Bonchev–Trinajstić information content (AvgIpc) is 2.82. The maximum absolute atomic E-state index is 12.3. The number of thiophene rings is 1. The molecule has 7 heteroatoms. The lowest BCUT2D eigenvalue weighted by Gasteiger charge is -2.16. The summed E-state index contributed by atoms with van der Waals surface area (Å²) in [4.78, 5) is 4.79. The van der Waals surface area contributed by atoms with E-state index in [-0.39, 0.29) is 10.0 Å². The summed E-state index contributed by atoms with van der Waals surface area (Å²) in [5.41, 5.74) is 0. The third kappa shape index (κ3) is 2.72. The van der Waals surface area contributed by atoms with Crippen LogP contribution in [0.4, 0.5) is 0 Å². The van der Waals surface area contributed by atoms with Gasteiger partial charge in [-0.1, -0.05) is 17.7 Å². The fraction of sp³-hybridized carbons (Fsp3) is 0.182. The van der Waals surface area contributed by atoms with Crippen LogP contribution < -0.4 is 0 Å². The molecule has 0 saturated carbocycles. The highest BCUT2D eigenvalue weighted by atomic mass is 35.5. The van der Waals surface area contributed by atoms with E-state index in [1.54, 1.807) is 6.07 Å². The molecule has 0 aliphatic heterocycles. The molecule has 2 aromatic heterocycles. The Bertz CT molecular complexity index is 626. The standard InChI is InChI=1S/C11H11ClN2O2S2/c1-14(8-9-4-3-7-17-9)18(15,16)10-5-2-6-13-11(10)12/h2-7H,8H2,1H3. The van der Waals surface area contributed by atoms with E-state index in [2.05, 4.69) is 4.98 Å². The number of hydrogen-bond acceptors (Lipinski definition) is 4. The Hall–Kier alpha value is -0.950. The van der Waals surface area contributed by atoms with Gasteiger partial charge in [0.2, 0.25) is 10.0 Å². The van der Waals surface area contributed by atoms with E-state index < -0.39 is 10.0 Å². The van der Waals surface area contributed by atoms with Crippen LogP contribution in [0.15, 0.2) is 40.7 Å². The summed E-state index contributed by atoms with van der Waals surface area (Å²) in [6.07, 6.45) is 1.46. The zero-order valence-electron chi connectivity index (χ0n) is 9.58. The molecule has 2 rings (SSSR count). The van der Waals surface area contributed by atoms with Crippen molar-refractivity contribution in [3.63, 3.8) is 0 Å². The smallest absolute Gasteiger partial charge is 0.243 e. The molecular weight excluding hydrogens is 292 g/mol. The molecule has 0 unspecified atom stereocenters. The molecule has 18 heavy (non-hydrogen) atoms. The Morgan fingerprint density at radius 1 is 1.39 bits per heavy atom. The van der Waals surface area contributed by atoms with Crippen LogP contribution in [-0.2, 0) is 16.6 Å². The number of halogens is 1. The third-order valence-electron chi connectivity index (χ3n) is 2.37. The van der Waals surface area contributed by atoms with Crippen LogP contribution in [0.5, 0.6) is 0 Å². The SMILES string of the molecule is CN(Cc1cccs1)S(=O)(=O)c1cccnc1Cl. The highest BCUT2D eigenvalue weighted by Gasteiger charge is 2.24. The molecule has 0 fully saturated rings. The maximum Gasteiger partial charge on any atom is 0.246 e. The van der Waals surface area contributed by atoms with Gasteiger partial charge in [-0.3, -0.25) is 0 Å². The minimum Gasteiger partial charge on any atom is -0.243 e. The largest absolute Gasteiger partial charge is 0.246 e. The highest BCUT2D eigenvalue weighted by molar-refractivity contribution is 7.89. The molecule has 0 aliphatic rings. The fourth-order valence-electron chi connectivity index (χ4n) is 1.44. The molecule has 0 atom stereocenters. The van der Waals surface area contributed by atoms with E-state index in [0.717, 1.165) is 4.88 Å². The summed E-state index contributed by atoms with van der Waals surface area (Å²) in [6, 6.07) is 6.78. The van der Waals surface area contributed by atoms with Crippen molar-refractivity contribution in [3.05, 3.63) is 45.9 Å². The lowest BCUT2D eigenvalue weighted by molar-refractivity contribution is 0.469. The van der Waals surface area contributed by atoms with Gasteiger partial charge in [-0.05, 0) is 23.6 Å². The Morgan fingerprint density at radius 3 is 2.78 bits per heavy atom. The molecule has 0 spiro atoms. The van der Waals surface area contributed by atoms with Gasteiger partial charge in [0.05, 0.1) is 0 Å². The van der Waals surface area contributed by atoms with Crippen LogP contribution in [0, 0.1) is 0 Å². The molecule has 0 aliphatic carbocycles. The van der Waals surface area contributed by atoms with Crippen molar-refractivity contribution < 1.29 is 8.42 Å². The van der Waals surface area contributed by atoms with E-state index in [1.165, 1.54) is 35.0 Å². The van der Waals surface area contributed by atoms with Crippen LogP contribution in [0.3, 0.4) is 0 Å². The topological polar surface area (TPSA) is 50.3 Å². The minimum atomic E-state index is -3.60. The second kappa shape index (κ2) is 5.36. The second-order valence-corrected chi connectivity index (χ2v) is 7.04. The highest BCUT2D eigenvalue weighted by Crippen LogP contribution is 2.23. The van der Waals surface area contributed by atoms with E-state index in [4.69, 9.17) is 11.6 Å². The van der Waals surface area contributed by atoms with Crippen LogP contribution in [-0.4, -0.2) is 24.8 Å². The maximum atomic E-state index is 12.3. The van der Waals surface area contributed by atoms with E-state index in [1.807, 2.05) is 17.5 Å². The van der Waals surface area contributed by atoms with E-state index >= 15 is 0 Å². The van der Waals surface area contributed by atoms with Gasteiger partial charge in [0.1, 0.15) is 10.0 Å². The van der Waals surface area contributed by atoms with E-state index in [0.29, 0.717) is 6.54 Å². The van der Waals surface area contributed by atoms with Crippen molar-refractivity contribution in [2.24, 2.45) is 0 Å². The Morgan fingerprint density at radius 2 is 2.17 bits per heavy atom. The Balaban J connectivity index is 2.29. The Labute approximate surface area is 115 Å². The summed E-state index contributed by atoms with van der Waals surface area (Å²) in [5.74, 6) is 0. The second-order valence-electron chi connectivity index (χ2n) is 3.63. The molecule has 2 heterocycles. The summed E-state index contributed by atoms with van der Waals surface area (Å²) >= 11 is 7.33. The molecular formula is C11H11ClN2O2S2. The molecule has 0 N–H and O–H groups in total. The van der Waals surface area contributed by atoms with Gasteiger partial charge in [-0.15, -0.1) is 11.3 Å². The average molecular weight is 303 g/mol. The monoisotopic (exact) mass is 302 g/mol. The summed E-state index contributed by atoms with van der Waals surface area (Å²) in [5, 5.41) is 1.91. The summed E-state index contributed by atoms with van der Waals surface area (Å²) in [6.45, 7) is 0.325. The molecule has 0 aromatic carbocycles. The predicted molar refractivity (Wildman–Crippen MR) is 72.2 cm³/mol. The van der Waals surface area contributed by atoms with Gasteiger partial charge in [0, 0.05) is 24.7 Å². The van der Waals surface area contributed by atoms with Crippen molar-refractivity contribution in [2.75, 3.05) is 7.05 Å². The quantitative estimate of drug-likeness (QED) is 0.816. The molecule has 0 saturated heterocycles. The first kappa shape index (κ1) is 13.5. The minimum absolute atomic E-state index is 0.00414. The number of pyridine rings is 1.